The highest BCUT2D eigenvalue weighted by molar-refractivity contribution is 6.02. The average molecular weight is 463 g/mol. The summed E-state index contributed by atoms with van der Waals surface area (Å²) in [5, 5.41) is 6.95. The molecule has 0 saturated carbocycles. The summed E-state index contributed by atoms with van der Waals surface area (Å²) in [6.07, 6.45) is 2.69. The molecule has 5 aromatic rings. The topological polar surface area (TPSA) is 68.1 Å². The van der Waals surface area contributed by atoms with Gasteiger partial charge in [-0.3, -0.25) is 14.6 Å². The van der Waals surface area contributed by atoms with Crippen molar-refractivity contribution in [3.63, 3.8) is 0 Å². The van der Waals surface area contributed by atoms with Crippen LogP contribution in [0.15, 0.2) is 89.9 Å². The van der Waals surface area contributed by atoms with E-state index in [9.17, 15) is 9.59 Å². The van der Waals surface area contributed by atoms with Gasteiger partial charge in [-0.2, -0.15) is 5.10 Å². The molecular weight excluding hydrogens is 436 g/mol. The summed E-state index contributed by atoms with van der Waals surface area (Å²) in [6.45, 7) is 4.37. The van der Waals surface area contributed by atoms with E-state index in [1.807, 2.05) is 79.7 Å². The number of hydrogen-bond donors (Lipinski definition) is 0. The third-order valence-electron chi connectivity index (χ3n) is 6.33. The lowest BCUT2D eigenvalue weighted by Gasteiger charge is -2.22. The predicted molar refractivity (Wildman–Crippen MR) is 141 cm³/mol. The van der Waals surface area contributed by atoms with E-state index in [1.54, 1.807) is 17.2 Å². The Morgan fingerprint density at radius 3 is 2.34 bits per heavy atom. The smallest absolute Gasteiger partial charge is 0.275 e. The van der Waals surface area contributed by atoms with Crippen molar-refractivity contribution in [3.05, 3.63) is 101 Å². The van der Waals surface area contributed by atoms with E-state index in [4.69, 9.17) is 5.10 Å². The van der Waals surface area contributed by atoms with Crippen LogP contribution >= 0.6 is 0 Å². The second-order valence-electron chi connectivity index (χ2n) is 8.39. The van der Waals surface area contributed by atoms with Gasteiger partial charge in [0, 0.05) is 34.8 Å². The van der Waals surface area contributed by atoms with Crippen LogP contribution in [0, 0.1) is 0 Å². The van der Waals surface area contributed by atoms with E-state index in [0.717, 1.165) is 34.0 Å². The lowest BCUT2D eigenvalue weighted by Crippen LogP contribution is -2.37. The minimum absolute atomic E-state index is 0.150. The first-order chi connectivity index (χ1) is 17.1. The third-order valence-corrected chi connectivity index (χ3v) is 6.33. The van der Waals surface area contributed by atoms with E-state index in [1.165, 1.54) is 10.2 Å². The highest BCUT2D eigenvalue weighted by atomic mass is 16.2. The lowest BCUT2D eigenvalue weighted by atomic mass is 10.0. The van der Waals surface area contributed by atoms with Crippen LogP contribution in [-0.2, 0) is 17.8 Å². The quantitative estimate of drug-likeness (QED) is 0.347. The lowest BCUT2D eigenvalue weighted by molar-refractivity contribution is -0.119. The standard InChI is InChI=1S/C29H26N4O2/c1-3-20-14-16-21(17-15-20)32(4-2)27(34)19-33-29(35)25-10-6-5-9-24(25)28(31-33)23-11-7-13-26-22(23)12-8-18-30-26/h5-18H,3-4,19H2,1-2H3. The van der Waals surface area contributed by atoms with Crippen molar-refractivity contribution in [2.24, 2.45) is 0 Å². The van der Waals surface area contributed by atoms with E-state index in [-0.39, 0.29) is 18.0 Å². The zero-order valence-electron chi connectivity index (χ0n) is 19.8. The normalized spacial score (nSPS) is 11.1. The number of anilines is 1. The van der Waals surface area contributed by atoms with Crippen LogP contribution in [0.5, 0.6) is 0 Å². The van der Waals surface area contributed by atoms with E-state index in [2.05, 4.69) is 11.9 Å². The van der Waals surface area contributed by atoms with Crippen LogP contribution in [0.2, 0.25) is 0 Å². The Hall–Kier alpha value is -4.32. The van der Waals surface area contributed by atoms with Gasteiger partial charge in [0.05, 0.1) is 16.6 Å². The second-order valence-corrected chi connectivity index (χ2v) is 8.39. The maximum Gasteiger partial charge on any atom is 0.275 e. The maximum absolute atomic E-state index is 13.4. The molecule has 0 fully saturated rings. The highest BCUT2D eigenvalue weighted by Crippen LogP contribution is 2.30. The number of fused-ring (bicyclic) bond motifs is 2. The van der Waals surface area contributed by atoms with Crippen molar-refractivity contribution in [2.75, 3.05) is 11.4 Å². The summed E-state index contributed by atoms with van der Waals surface area (Å²) in [4.78, 5) is 32.9. The van der Waals surface area contributed by atoms with Crippen molar-refractivity contribution < 1.29 is 4.79 Å². The number of likely N-dealkylation sites (N-methyl/N-ethyl adjacent to an activating group) is 1. The van der Waals surface area contributed by atoms with Crippen LogP contribution in [0.4, 0.5) is 5.69 Å². The molecule has 0 aliphatic carbocycles. The molecule has 174 valence electrons. The first kappa shape index (κ1) is 22.5. The van der Waals surface area contributed by atoms with Gasteiger partial charge in [0.2, 0.25) is 5.91 Å². The number of carbonyl (C=O) groups excluding carboxylic acids is 1. The number of rotatable bonds is 6. The van der Waals surface area contributed by atoms with Crippen molar-refractivity contribution >= 4 is 33.3 Å². The third kappa shape index (κ3) is 4.19. The number of pyridine rings is 1. The molecule has 0 N–H and O–H groups in total. The summed E-state index contributed by atoms with van der Waals surface area (Å²) >= 11 is 0. The van der Waals surface area contributed by atoms with Crippen LogP contribution < -0.4 is 10.5 Å². The number of aryl methyl sites for hydroxylation is 1. The predicted octanol–water partition coefficient (Wildman–Crippen LogP) is 5.23. The number of nitrogens with zero attached hydrogens (tertiary/aromatic N) is 4. The summed E-state index contributed by atoms with van der Waals surface area (Å²) in [5.41, 5.74) is 4.10. The number of carbonyl (C=O) groups is 1. The van der Waals surface area contributed by atoms with Crippen molar-refractivity contribution in [3.8, 4) is 11.3 Å². The molecule has 0 saturated heterocycles. The van der Waals surface area contributed by atoms with Crippen LogP contribution in [0.25, 0.3) is 32.9 Å². The molecule has 5 rings (SSSR count). The van der Waals surface area contributed by atoms with Crippen LogP contribution in [0.1, 0.15) is 19.4 Å². The minimum atomic E-state index is -0.284. The Bertz CT molecular complexity index is 1580. The SMILES string of the molecule is CCc1ccc(N(CC)C(=O)Cn2nc(-c3cccc4ncccc34)c3ccccc3c2=O)cc1. The van der Waals surface area contributed by atoms with Gasteiger partial charge in [-0.05, 0) is 49.2 Å². The fourth-order valence-electron chi connectivity index (χ4n) is 4.48. The summed E-state index contributed by atoms with van der Waals surface area (Å²) in [5.74, 6) is -0.188. The van der Waals surface area contributed by atoms with Gasteiger partial charge >= 0.3 is 0 Å². The minimum Gasteiger partial charge on any atom is -0.311 e. The summed E-state index contributed by atoms with van der Waals surface area (Å²) in [7, 11) is 0. The number of hydrogen-bond acceptors (Lipinski definition) is 4. The molecule has 6 heteroatoms. The van der Waals surface area contributed by atoms with Gasteiger partial charge in [-0.15, -0.1) is 0 Å². The van der Waals surface area contributed by atoms with Gasteiger partial charge in [0.25, 0.3) is 5.56 Å². The molecule has 0 aliphatic rings. The zero-order chi connectivity index (χ0) is 24.4. The largest absolute Gasteiger partial charge is 0.311 e. The van der Waals surface area contributed by atoms with E-state index >= 15 is 0 Å². The molecule has 1 amide bonds. The molecule has 35 heavy (non-hydrogen) atoms. The first-order valence-electron chi connectivity index (χ1n) is 11.8. The monoisotopic (exact) mass is 462 g/mol. The Morgan fingerprint density at radius 2 is 1.60 bits per heavy atom. The number of aromatic nitrogens is 3. The fourth-order valence-corrected chi connectivity index (χ4v) is 4.48. The Balaban J connectivity index is 1.61. The van der Waals surface area contributed by atoms with Crippen molar-refractivity contribution in [2.45, 2.75) is 26.8 Å². The molecule has 3 aromatic carbocycles. The molecule has 0 radical (unpaired) electrons. The Kier molecular flexibility index (Phi) is 6.10. The fraction of sp³-hybridized carbons (Fsp3) is 0.172. The van der Waals surface area contributed by atoms with Gasteiger partial charge in [-0.1, -0.05) is 55.5 Å². The molecule has 0 atom stereocenters. The van der Waals surface area contributed by atoms with Gasteiger partial charge < -0.3 is 4.90 Å². The van der Waals surface area contributed by atoms with Gasteiger partial charge in [-0.25, -0.2) is 4.68 Å². The molecule has 0 unspecified atom stereocenters. The number of benzene rings is 3. The first-order valence-corrected chi connectivity index (χ1v) is 11.8. The summed E-state index contributed by atoms with van der Waals surface area (Å²) in [6, 6.07) is 25.1. The summed E-state index contributed by atoms with van der Waals surface area (Å²) < 4.78 is 1.29. The molecule has 0 bridgehead atoms. The van der Waals surface area contributed by atoms with E-state index in [0.29, 0.717) is 17.6 Å². The van der Waals surface area contributed by atoms with Gasteiger partial charge in [0.1, 0.15) is 6.54 Å². The number of amides is 1. The average Bonchev–Trinajstić information content (AvgIpc) is 2.91. The molecule has 2 aromatic heterocycles. The second kappa shape index (κ2) is 9.50. The molecule has 6 nitrogen and oxygen atoms in total. The Morgan fingerprint density at radius 1 is 0.857 bits per heavy atom. The molecule has 0 spiro atoms. The van der Waals surface area contributed by atoms with E-state index < -0.39 is 0 Å². The molecule has 0 aliphatic heterocycles. The maximum atomic E-state index is 13.4. The van der Waals surface area contributed by atoms with Gasteiger partial charge in [0.15, 0.2) is 0 Å². The van der Waals surface area contributed by atoms with Crippen LogP contribution in [0.3, 0.4) is 0 Å². The molecule has 2 heterocycles. The van der Waals surface area contributed by atoms with Crippen LogP contribution in [-0.4, -0.2) is 27.2 Å². The van der Waals surface area contributed by atoms with Crippen molar-refractivity contribution in [1.29, 1.82) is 0 Å². The zero-order valence-corrected chi connectivity index (χ0v) is 19.8. The Labute approximate surface area is 203 Å². The van der Waals surface area contributed by atoms with Crippen molar-refractivity contribution in [1.82, 2.24) is 14.8 Å². The highest BCUT2D eigenvalue weighted by Gasteiger charge is 2.19. The molecular formula is C29H26N4O2.